The fraction of sp³-hybridized carbons (Fsp3) is 0.333. The van der Waals surface area contributed by atoms with Crippen molar-refractivity contribution >= 4 is 52.1 Å². The Balaban J connectivity index is 2.66. The monoisotopic (exact) mass is 319 g/mol. The van der Waals surface area contributed by atoms with Crippen LogP contribution in [0.5, 0.6) is 0 Å². The lowest BCUT2D eigenvalue weighted by atomic mass is 10.2. The molecule has 1 unspecified atom stereocenters. The molecule has 4 nitrogen and oxygen atoms in total. The van der Waals surface area contributed by atoms with E-state index in [0.717, 1.165) is 6.42 Å². The van der Waals surface area contributed by atoms with Crippen LogP contribution in [0.3, 0.4) is 0 Å². The summed E-state index contributed by atoms with van der Waals surface area (Å²) in [6.45, 7) is 1.99. The average Bonchev–Trinajstić information content (AvgIpc) is 2.26. The zero-order valence-corrected chi connectivity index (χ0v) is 12.7. The van der Waals surface area contributed by atoms with Gasteiger partial charge in [-0.1, -0.05) is 48.8 Å². The maximum atomic E-state index is 11.8. The molecule has 0 saturated heterocycles. The van der Waals surface area contributed by atoms with Gasteiger partial charge in [0.2, 0.25) is 0 Å². The Morgan fingerprint density at radius 1 is 1.37 bits per heavy atom. The summed E-state index contributed by atoms with van der Waals surface area (Å²) in [6.07, 6.45) is 1.56. The third-order valence-electron chi connectivity index (χ3n) is 2.35. The van der Waals surface area contributed by atoms with Crippen molar-refractivity contribution in [1.29, 1.82) is 0 Å². The first-order valence-corrected chi connectivity index (χ1v) is 6.91. The molecule has 1 rings (SSSR count). The highest BCUT2D eigenvalue weighted by atomic mass is 35.5. The summed E-state index contributed by atoms with van der Waals surface area (Å²) in [5.41, 5.74) is 6.07. The van der Waals surface area contributed by atoms with Crippen LogP contribution in [0.15, 0.2) is 18.2 Å². The van der Waals surface area contributed by atoms with Gasteiger partial charge in [0.25, 0.3) is 0 Å². The molecule has 0 radical (unpaired) electrons. The Labute approximate surface area is 127 Å². The lowest BCUT2D eigenvalue weighted by molar-refractivity contribution is 0.250. The molecule has 0 heterocycles. The highest BCUT2D eigenvalue weighted by molar-refractivity contribution is 7.80. The van der Waals surface area contributed by atoms with Gasteiger partial charge in [-0.15, -0.1) is 0 Å². The number of halogens is 2. The van der Waals surface area contributed by atoms with Crippen molar-refractivity contribution in [1.82, 2.24) is 5.32 Å². The van der Waals surface area contributed by atoms with E-state index >= 15 is 0 Å². The lowest BCUT2D eigenvalue weighted by Gasteiger charge is -2.17. The van der Waals surface area contributed by atoms with Crippen molar-refractivity contribution in [3.8, 4) is 0 Å². The molecule has 2 amide bonds. The van der Waals surface area contributed by atoms with Crippen molar-refractivity contribution in [3.05, 3.63) is 28.2 Å². The largest absolute Gasteiger partial charge is 0.392 e. The van der Waals surface area contributed by atoms with Crippen LogP contribution < -0.4 is 16.4 Å². The van der Waals surface area contributed by atoms with Gasteiger partial charge in [0.1, 0.15) is 0 Å². The Morgan fingerprint density at radius 2 is 1.95 bits per heavy atom. The van der Waals surface area contributed by atoms with Crippen molar-refractivity contribution in [2.75, 3.05) is 5.32 Å². The van der Waals surface area contributed by atoms with Crippen LogP contribution in [-0.2, 0) is 0 Å². The van der Waals surface area contributed by atoms with E-state index in [0.29, 0.717) is 22.2 Å². The van der Waals surface area contributed by atoms with E-state index < -0.39 is 6.03 Å². The summed E-state index contributed by atoms with van der Waals surface area (Å²) in [5.74, 6) is 0. The van der Waals surface area contributed by atoms with Crippen LogP contribution in [0.25, 0.3) is 0 Å². The molecule has 0 fully saturated rings. The molecule has 1 atom stereocenters. The minimum atomic E-state index is -0.399. The van der Waals surface area contributed by atoms with Gasteiger partial charge in [-0.25, -0.2) is 4.79 Å². The Hall–Kier alpha value is -1.04. The number of hydrogen-bond donors (Lipinski definition) is 3. The van der Waals surface area contributed by atoms with Gasteiger partial charge in [-0.3, -0.25) is 0 Å². The fourth-order valence-electron chi connectivity index (χ4n) is 1.53. The predicted octanol–water partition coefficient (Wildman–Crippen LogP) is 3.57. The summed E-state index contributed by atoms with van der Waals surface area (Å²) in [6, 6.07) is 4.06. The molecule has 0 bridgehead atoms. The third kappa shape index (κ3) is 5.63. The molecule has 0 aromatic heterocycles. The quantitative estimate of drug-likeness (QED) is 0.727. The van der Waals surface area contributed by atoms with Gasteiger partial charge < -0.3 is 16.4 Å². The van der Waals surface area contributed by atoms with E-state index in [2.05, 4.69) is 10.6 Å². The van der Waals surface area contributed by atoms with Gasteiger partial charge in [0, 0.05) is 15.7 Å². The summed E-state index contributed by atoms with van der Waals surface area (Å²) >= 11 is 16.6. The molecule has 19 heavy (non-hydrogen) atoms. The molecule has 104 valence electrons. The summed E-state index contributed by atoms with van der Waals surface area (Å²) in [5, 5.41) is 6.23. The van der Waals surface area contributed by atoms with Gasteiger partial charge in [0.05, 0.1) is 11.0 Å². The first-order valence-electron chi connectivity index (χ1n) is 5.75. The molecule has 0 aliphatic rings. The van der Waals surface area contributed by atoms with E-state index in [9.17, 15) is 4.79 Å². The second kappa shape index (κ2) is 7.53. The number of benzene rings is 1. The average molecular weight is 320 g/mol. The number of carbonyl (C=O) groups excluding carboxylic acids is 1. The Morgan fingerprint density at radius 3 is 2.42 bits per heavy atom. The summed E-state index contributed by atoms with van der Waals surface area (Å²) in [7, 11) is 0. The maximum absolute atomic E-state index is 11.8. The molecule has 0 saturated carbocycles. The SMILES string of the molecule is CCCC(NC(=O)Nc1cc(Cl)cc(Cl)c1)C(N)=S. The van der Waals surface area contributed by atoms with Crippen LogP contribution in [0.1, 0.15) is 19.8 Å². The number of amides is 2. The van der Waals surface area contributed by atoms with Crippen molar-refractivity contribution in [2.24, 2.45) is 5.73 Å². The van der Waals surface area contributed by atoms with Gasteiger partial charge in [-0.2, -0.15) is 0 Å². The van der Waals surface area contributed by atoms with E-state index in [1.165, 1.54) is 0 Å². The number of urea groups is 1. The minimum absolute atomic E-state index is 0.265. The van der Waals surface area contributed by atoms with Gasteiger partial charge >= 0.3 is 6.03 Å². The summed E-state index contributed by atoms with van der Waals surface area (Å²) < 4.78 is 0. The zero-order chi connectivity index (χ0) is 14.4. The molecule has 0 spiro atoms. The molecule has 1 aromatic carbocycles. The highest BCUT2D eigenvalue weighted by Crippen LogP contribution is 2.22. The topological polar surface area (TPSA) is 67.2 Å². The van der Waals surface area contributed by atoms with Crippen molar-refractivity contribution < 1.29 is 4.79 Å². The van der Waals surface area contributed by atoms with Crippen LogP contribution in [0.4, 0.5) is 10.5 Å². The normalized spacial score (nSPS) is 11.7. The molecule has 0 aliphatic heterocycles. The minimum Gasteiger partial charge on any atom is -0.392 e. The van der Waals surface area contributed by atoms with Gasteiger partial charge in [0.15, 0.2) is 0 Å². The number of rotatable bonds is 5. The fourth-order valence-corrected chi connectivity index (χ4v) is 2.23. The van der Waals surface area contributed by atoms with E-state index in [1.54, 1.807) is 18.2 Å². The van der Waals surface area contributed by atoms with Gasteiger partial charge in [-0.05, 0) is 24.6 Å². The van der Waals surface area contributed by atoms with E-state index in [-0.39, 0.29) is 11.0 Å². The first kappa shape index (κ1) is 16.0. The Bertz CT molecular complexity index is 462. The molecule has 1 aromatic rings. The van der Waals surface area contributed by atoms with Crippen LogP contribution in [0, 0.1) is 0 Å². The number of carbonyl (C=O) groups is 1. The number of anilines is 1. The molecular weight excluding hydrogens is 305 g/mol. The highest BCUT2D eigenvalue weighted by Gasteiger charge is 2.14. The van der Waals surface area contributed by atoms with E-state index in [4.69, 9.17) is 41.2 Å². The lowest BCUT2D eigenvalue weighted by Crippen LogP contribution is -2.45. The van der Waals surface area contributed by atoms with Crippen LogP contribution in [0.2, 0.25) is 10.0 Å². The molecular formula is C12H15Cl2N3OS. The van der Waals surface area contributed by atoms with Crippen LogP contribution >= 0.6 is 35.4 Å². The first-order chi connectivity index (χ1) is 8.92. The summed E-state index contributed by atoms with van der Waals surface area (Å²) in [4.78, 5) is 12.1. The number of nitrogens with one attached hydrogen (secondary N) is 2. The molecule has 7 heteroatoms. The number of nitrogens with two attached hydrogens (primary N) is 1. The molecule has 4 N–H and O–H groups in total. The Kier molecular flexibility index (Phi) is 6.34. The van der Waals surface area contributed by atoms with Crippen molar-refractivity contribution in [2.45, 2.75) is 25.8 Å². The van der Waals surface area contributed by atoms with E-state index in [1.807, 2.05) is 6.92 Å². The maximum Gasteiger partial charge on any atom is 0.319 e. The third-order valence-corrected chi connectivity index (χ3v) is 3.07. The predicted molar refractivity (Wildman–Crippen MR) is 84.1 cm³/mol. The standard InChI is InChI=1S/C12H15Cl2N3OS/c1-2-3-10(11(15)19)17-12(18)16-9-5-7(13)4-8(14)6-9/h4-6,10H,2-3H2,1H3,(H2,15,19)(H2,16,17,18). The second-order valence-electron chi connectivity index (χ2n) is 4.00. The number of thiocarbonyl (C=S) groups is 1. The van der Waals surface area contributed by atoms with Crippen molar-refractivity contribution in [3.63, 3.8) is 0 Å². The number of hydrogen-bond acceptors (Lipinski definition) is 2. The molecule has 0 aliphatic carbocycles. The zero-order valence-electron chi connectivity index (χ0n) is 10.4. The van der Waals surface area contributed by atoms with Crippen LogP contribution in [-0.4, -0.2) is 17.1 Å². The smallest absolute Gasteiger partial charge is 0.319 e. The second-order valence-corrected chi connectivity index (χ2v) is 5.34.